The highest BCUT2D eigenvalue weighted by Gasteiger charge is 2.14. The van der Waals surface area contributed by atoms with E-state index in [-0.39, 0.29) is 0 Å². The number of fused-ring (bicyclic) bond motifs is 6. The molecule has 0 N–H and O–H groups in total. The highest BCUT2D eigenvalue weighted by Crippen LogP contribution is 2.36. The first-order chi connectivity index (χ1) is 27.0. The van der Waals surface area contributed by atoms with E-state index in [1.807, 2.05) is 0 Å². The highest BCUT2D eigenvalue weighted by molar-refractivity contribution is 6.11. The molecule has 0 radical (unpaired) electrons. The van der Waals surface area contributed by atoms with E-state index in [9.17, 15) is 0 Å². The molecule has 0 aliphatic carbocycles. The van der Waals surface area contributed by atoms with Crippen LogP contribution >= 0.6 is 0 Å². The average molecular weight is 705 g/mol. The molecule has 0 fully saturated rings. The van der Waals surface area contributed by atoms with Crippen LogP contribution < -0.4 is 0 Å². The normalized spacial score (nSPS) is 11.8. The lowest BCUT2D eigenvalue weighted by atomic mass is 10.0. The van der Waals surface area contributed by atoms with Gasteiger partial charge in [-0.15, -0.1) is 0 Å². The fourth-order valence-corrected chi connectivity index (χ4v) is 8.22. The third-order valence-corrected chi connectivity index (χ3v) is 11.1. The first kappa shape index (κ1) is 32.7. The molecule has 10 rings (SSSR count). The highest BCUT2D eigenvalue weighted by atomic mass is 15.0. The molecule has 0 saturated heterocycles. The maximum absolute atomic E-state index is 2.39. The van der Waals surface area contributed by atoms with E-state index in [0.717, 1.165) is 0 Å². The first-order valence-electron chi connectivity index (χ1n) is 19.1. The van der Waals surface area contributed by atoms with Gasteiger partial charge < -0.3 is 9.13 Å². The van der Waals surface area contributed by atoms with Gasteiger partial charge in [-0.1, -0.05) is 138 Å². The molecule has 0 atom stereocenters. The zero-order chi connectivity index (χ0) is 37.0. The Kier molecular flexibility index (Phi) is 7.85. The molecule has 0 unspecified atom stereocenters. The first-order valence-corrected chi connectivity index (χ1v) is 19.1. The Labute approximate surface area is 321 Å². The summed E-state index contributed by atoms with van der Waals surface area (Å²) in [7, 11) is 0. The number of nitrogens with zero attached hydrogens (tertiary/aromatic N) is 2. The van der Waals surface area contributed by atoms with Crippen molar-refractivity contribution in [3.8, 4) is 33.6 Å². The van der Waals surface area contributed by atoms with Crippen LogP contribution in [0.4, 0.5) is 0 Å². The summed E-state index contributed by atoms with van der Waals surface area (Å²) in [5, 5.41) is 5.15. The Balaban J connectivity index is 0.873. The average Bonchev–Trinajstić information content (AvgIpc) is 3.72. The minimum Gasteiger partial charge on any atom is -0.309 e. The van der Waals surface area contributed by atoms with E-state index in [1.165, 1.54) is 105 Å². The Morgan fingerprint density at radius 1 is 0.309 bits per heavy atom. The van der Waals surface area contributed by atoms with E-state index < -0.39 is 0 Å². The Bertz CT molecular complexity index is 3000. The van der Waals surface area contributed by atoms with Gasteiger partial charge in [0.25, 0.3) is 0 Å². The van der Waals surface area contributed by atoms with Crippen molar-refractivity contribution in [2.45, 2.75) is 20.8 Å². The van der Waals surface area contributed by atoms with Gasteiger partial charge in [0.15, 0.2) is 0 Å². The van der Waals surface area contributed by atoms with Crippen LogP contribution in [0.2, 0.25) is 0 Å². The summed E-state index contributed by atoms with van der Waals surface area (Å²) in [5.74, 6) is 0. The third kappa shape index (κ3) is 5.84. The van der Waals surface area contributed by atoms with Crippen LogP contribution in [0.5, 0.6) is 0 Å². The largest absolute Gasteiger partial charge is 0.309 e. The Morgan fingerprint density at radius 3 is 1.24 bits per heavy atom. The van der Waals surface area contributed by atoms with Gasteiger partial charge in [0.1, 0.15) is 0 Å². The molecule has 0 amide bonds. The smallest absolute Gasteiger partial charge is 0.0541 e. The topological polar surface area (TPSA) is 9.86 Å². The van der Waals surface area contributed by atoms with E-state index in [4.69, 9.17) is 0 Å². The van der Waals surface area contributed by atoms with Crippen molar-refractivity contribution in [1.29, 1.82) is 0 Å². The van der Waals surface area contributed by atoms with Crippen molar-refractivity contribution < 1.29 is 0 Å². The van der Waals surface area contributed by atoms with Gasteiger partial charge in [-0.05, 0) is 121 Å². The molecule has 2 aromatic heterocycles. The summed E-state index contributed by atoms with van der Waals surface area (Å²) in [4.78, 5) is 0. The van der Waals surface area contributed by atoms with Crippen LogP contribution in [0, 0.1) is 20.8 Å². The maximum Gasteiger partial charge on any atom is 0.0541 e. The van der Waals surface area contributed by atoms with Crippen molar-refractivity contribution in [2.24, 2.45) is 0 Å². The van der Waals surface area contributed by atoms with Gasteiger partial charge >= 0.3 is 0 Å². The summed E-state index contributed by atoms with van der Waals surface area (Å²) in [5.41, 5.74) is 18.3. The van der Waals surface area contributed by atoms with Gasteiger partial charge in [-0.3, -0.25) is 0 Å². The van der Waals surface area contributed by atoms with Crippen molar-refractivity contribution in [3.05, 3.63) is 204 Å². The molecule has 0 bridgehead atoms. The number of para-hydroxylation sites is 1. The predicted molar refractivity (Wildman–Crippen MR) is 236 cm³/mol. The zero-order valence-electron chi connectivity index (χ0n) is 31.3. The lowest BCUT2D eigenvalue weighted by molar-refractivity contribution is 1.17. The maximum atomic E-state index is 2.39. The molecule has 10 aromatic rings. The summed E-state index contributed by atoms with van der Waals surface area (Å²) in [6.07, 6.45) is 4.39. The van der Waals surface area contributed by atoms with E-state index >= 15 is 0 Å². The fraction of sp³-hybridized carbons (Fsp3) is 0.0566. The molecule has 0 saturated carbocycles. The van der Waals surface area contributed by atoms with Crippen LogP contribution in [0.25, 0.3) is 89.4 Å². The second kappa shape index (κ2) is 13.2. The van der Waals surface area contributed by atoms with Crippen LogP contribution in [-0.4, -0.2) is 9.13 Å². The molecule has 0 aliphatic heterocycles. The molecule has 2 nitrogen and oxygen atoms in total. The quantitative estimate of drug-likeness (QED) is 0.153. The van der Waals surface area contributed by atoms with Gasteiger partial charge in [0, 0.05) is 32.9 Å². The number of benzene rings is 8. The number of aryl methyl sites for hydroxylation is 3. The van der Waals surface area contributed by atoms with Gasteiger partial charge in [-0.2, -0.15) is 0 Å². The fourth-order valence-electron chi connectivity index (χ4n) is 8.22. The number of hydrogen-bond donors (Lipinski definition) is 0. The minimum atomic E-state index is 1.17. The van der Waals surface area contributed by atoms with Crippen LogP contribution in [0.15, 0.2) is 176 Å². The zero-order valence-corrected chi connectivity index (χ0v) is 31.3. The summed E-state index contributed by atoms with van der Waals surface area (Å²) in [6.45, 7) is 6.47. The lowest BCUT2D eigenvalue weighted by Crippen LogP contribution is -1.93. The Morgan fingerprint density at radius 2 is 0.691 bits per heavy atom. The Hall–Kier alpha value is -6.90. The molecule has 2 heteroatoms. The number of rotatable bonds is 6. The lowest BCUT2D eigenvalue weighted by Gasteiger charge is -2.10. The van der Waals surface area contributed by atoms with Crippen molar-refractivity contribution >= 4 is 55.8 Å². The summed E-state index contributed by atoms with van der Waals surface area (Å²) >= 11 is 0. The summed E-state index contributed by atoms with van der Waals surface area (Å²) in [6, 6.07) is 64.6. The number of hydrogen-bond acceptors (Lipinski definition) is 0. The van der Waals surface area contributed by atoms with E-state index in [1.54, 1.807) is 0 Å². The second-order valence-corrected chi connectivity index (χ2v) is 14.9. The summed E-state index contributed by atoms with van der Waals surface area (Å²) < 4.78 is 4.76. The number of aromatic nitrogens is 2. The molecule has 2 heterocycles. The molecule has 0 spiro atoms. The second-order valence-electron chi connectivity index (χ2n) is 14.9. The molecular formula is C53H40N2. The van der Waals surface area contributed by atoms with Gasteiger partial charge in [-0.25, -0.2) is 0 Å². The molecule has 55 heavy (non-hydrogen) atoms. The molecule has 0 aliphatic rings. The SMILES string of the molecule is Cc1ccc(-n2c3ccccc3c3cc(-c4ccc(C=Cc5ccc(-c6ccc(-n7c8ccc(C)cc8c8cc(C)ccc87)cc6)cc5)cc4)ccc32)cc1. The third-order valence-electron chi connectivity index (χ3n) is 11.1. The molecular weight excluding hydrogens is 665 g/mol. The predicted octanol–water partition coefficient (Wildman–Crippen LogP) is 14.3. The standard InChI is InChI=1S/C53H40N2/c1-35-8-25-44(26-9-35)54-50-7-5-4-6-46(50)49-34-43(24-31-53(49)54)42-20-16-39(17-21-42)13-12-38-14-18-40(19-15-38)41-22-27-45(28-23-41)55-51-29-10-36(2)32-47(51)48-33-37(3)11-30-52(48)55/h4-34H,1-3H3. The molecule has 262 valence electrons. The van der Waals surface area contributed by atoms with Gasteiger partial charge in [0.05, 0.1) is 22.1 Å². The van der Waals surface area contributed by atoms with Crippen LogP contribution in [0.3, 0.4) is 0 Å². The minimum absolute atomic E-state index is 1.17. The van der Waals surface area contributed by atoms with Crippen LogP contribution in [-0.2, 0) is 0 Å². The van der Waals surface area contributed by atoms with Gasteiger partial charge in [0.2, 0.25) is 0 Å². The molecule has 8 aromatic carbocycles. The van der Waals surface area contributed by atoms with Crippen molar-refractivity contribution in [2.75, 3.05) is 0 Å². The van der Waals surface area contributed by atoms with Crippen molar-refractivity contribution in [1.82, 2.24) is 9.13 Å². The van der Waals surface area contributed by atoms with Crippen LogP contribution in [0.1, 0.15) is 27.8 Å². The van der Waals surface area contributed by atoms with E-state index in [0.29, 0.717) is 0 Å². The monoisotopic (exact) mass is 704 g/mol. The van der Waals surface area contributed by atoms with Crippen molar-refractivity contribution in [3.63, 3.8) is 0 Å². The van der Waals surface area contributed by atoms with E-state index in [2.05, 4.69) is 218 Å².